The minimum atomic E-state index is -4.32. The van der Waals surface area contributed by atoms with Gasteiger partial charge in [-0.25, -0.2) is 4.79 Å². The minimum Gasteiger partial charge on any atom is -0.325 e. The van der Waals surface area contributed by atoms with Crippen LogP contribution in [0.5, 0.6) is 0 Å². The summed E-state index contributed by atoms with van der Waals surface area (Å²) in [6.45, 7) is 1.65. The van der Waals surface area contributed by atoms with Crippen molar-refractivity contribution >= 4 is 6.03 Å². The lowest BCUT2D eigenvalue weighted by Crippen LogP contribution is -2.48. The van der Waals surface area contributed by atoms with Crippen LogP contribution in [0.1, 0.15) is 26.2 Å². The molecule has 94 valence electrons. The second-order valence-corrected chi connectivity index (χ2v) is 3.96. The molecule has 3 nitrogen and oxygen atoms in total. The first-order valence-electron chi connectivity index (χ1n) is 5.54. The van der Waals surface area contributed by atoms with Crippen LogP contribution in [0.15, 0.2) is 0 Å². The molecule has 2 amide bonds. The number of alkyl halides is 3. The second kappa shape index (κ2) is 5.41. The van der Waals surface area contributed by atoms with Crippen LogP contribution in [-0.4, -0.2) is 48.2 Å². The summed E-state index contributed by atoms with van der Waals surface area (Å²) in [7, 11) is 0. The van der Waals surface area contributed by atoms with Crippen molar-refractivity contribution in [3.8, 4) is 0 Å². The molecule has 16 heavy (non-hydrogen) atoms. The Kier molecular flexibility index (Phi) is 4.44. The van der Waals surface area contributed by atoms with E-state index in [1.807, 2.05) is 0 Å². The van der Waals surface area contributed by atoms with Gasteiger partial charge in [0.05, 0.1) is 0 Å². The van der Waals surface area contributed by atoms with Crippen LogP contribution in [0.25, 0.3) is 0 Å². The van der Waals surface area contributed by atoms with Crippen molar-refractivity contribution in [3.63, 3.8) is 0 Å². The molecule has 0 aromatic carbocycles. The number of hydrogen-bond donors (Lipinski definition) is 0. The van der Waals surface area contributed by atoms with E-state index in [0.29, 0.717) is 13.1 Å². The average Bonchev–Trinajstić information content (AvgIpc) is 2.25. The van der Waals surface area contributed by atoms with Gasteiger partial charge in [-0.15, -0.1) is 0 Å². The standard InChI is InChI=1S/C10H17F3N2O/c1-2-14(8-10(11,12)13)9(16)15-6-4-3-5-7-15/h2-8H2,1H3. The zero-order valence-corrected chi connectivity index (χ0v) is 9.39. The summed E-state index contributed by atoms with van der Waals surface area (Å²) in [4.78, 5) is 14.1. The lowest BCUT2D eigenvalue weighted by atomic mass is 10.1. The normalized spacial score (nSPS) is 17.4. The Labute approximate surface area is 93.2 Å². The largest absolute Gasteiger partial charge is 0.406 e. The molecule has 0 bridgehead atoms. The quantitative estimate of drug-likeness (QED) is 0.725. The van der Waals surface area contributed by atoms with Crippen molar-refractivity contribution in [3.05, 3.63) is 0 Å². The van der Waals surface area contributed by atoms with Gasteiger partial charge in [-0.2, -0.15) is 13.2 Å². The van der Waals surface area contributed by atoms with Crippen molar-refractivity contribution in [1.29, 1.82) is 0 Å². The van der Waals surface area contributed by atoms with Crippen LogP contribution in [0.2, 0.25) is 0 Å². The Hall–Kier alpha value is -0.940. The number of hydrogen-bond acceptors (Lipinski definition) is 1. The molecule has 1 heterocycles. The van der Waals surface area contributed by atoms with Gasteiger partial charge in [-0.05, 0) is 26.2 Å². The number of carbonyl (C=O) groups is 1. The number of amides is 2. The average molecular weight is 238 g/mol. The lowest BCUT2D eigenvalue weighted by molar-refractivity contribution is -0.140. The molecule has 1 fully saturated rings. The van der Waals surface area contributed by atoms with E-state index in [9.17, 15) is 18.0 Å². The van der Waals surface area contributed by atoms with Crippen LogP contribution < -0.4 is 0 Å². The van der Waals surface area contributed by atoms with E-state index >= 15 is 0 Å². The zero-order valence-electron chi connectivity index (χ0n) is 9.39. The summed E-state index contributed by atoms with van der Waals surface area (Å²) in [6.07, 6.45) is -1.50. The highest BCUT2D eigenvalue weighted by atomic mass is 19.4. The number of nitrogens with zero attached hydrogens (tertiary/aromatic N) is 2. The monoisotopic (exact) mass is 238 g/mol. The molecular formula is C10H17F3N2O. The van der Waals surface area contributed by atoms with Gasteiger partial charge >= 0.3 is 12.2 Å². The second-order valence-electron chi connectivity index (χ2n) is 3.96. The smallest absolute Gasteiger partial charge is 0.325 e. The maximum Gasteiger partial charge on any atom is 0.406 e. The number of urea groups is 1. The van der Waals surface area contributed by atoms with Crippen LogP contribution >= 0.6 is 0 Å². The third-order valence-electron chi connectivity index (χ3n) is 2.65. The van der Waals surface area contributed by atoms with Crippen molar-refractivity contribution in [1.82, 2.24) is 9.80 Å². The molecule has 0 aromatic rings. The third kappa shape index (κ3) is 3.90. The van der Waals surface area contributed by atoms with Gasteiger partial charge < -0.3 is 9.80 Å². The molecule has 0 radical (unpaired) electrons. The molecule has 6 heteroatoms. The summed E-state index contributed by atoms with van der Waals surface area (Å²) < 4.78 is 36.6. The Morgan fingerprint density at radius 3 is 2.25 bits per heavy atom. The predicted octanol–water partition coefficient (Wildman–Crippen LogP) is 2.48. The molecule has 1 saturated heterocycles. The lowest BCUT2D eigenvalue weighted by Gasteiger charge is -2.32. The predicted molar refractivity (Wildman–Crippen MR) is 54.1 cm³/mol. The maximum atomic E-state index is 12.2. The molecule has 0 unspecified atom stereocenters. The third-order valence-corrected chi connectivity index (χ3v) is 2.65. The van der Waals surface area contributed by atoms with Crippen LogP contribution in [0.3, 0.4) is 0 Å². The van der Waals surface area contributed by atoms with Gasteiger partial charge in [-0.1, -0.05) is 0 Å². The van der Waals surface area contributed by atoms with E-state index in [1.54, 1.807) is 6.92 Å². The minimum absolute atomic E-state index is 0.0921. The summed E-state index contributed by atoms with van der Waals surface area (Å²) in [5.41, 5.74) is 0. The van der Waals surface area contributed by atoms with Crippen molar-refractivity contribution in [2.45, 2.75) is 32.4 Å². The Morgan fingerprint density at radius 1 is 1.25 bits per heavy atom. The van der Waals surface area contributed by atoms with Crippen LogP contribution in [0.4, 0.5) is 18.0 Å². The van der Waals surface area contributed by atoms with Gasteiger partial charge in [0.15, 0.2) is 0 Å². The van der Waals surface area contributed by atoms with Crippen LogP contribution in [-0.2, 0) is 0 Å². The fourth-order valence-electron chi connectivity index (χ4n) is 1.82. The SMILES string of the molecule is CCN(CC(F)(F)F)C(=O)N1CCCCC1. The molecule has 1 rings (SSSR count). The van der Waals surface area contributed by atoms with E-state index in [0.717, 1.165) is 24.2 Å². The van der Waals surface area contributed by atoms with Gasteiger partial charge in [0.25, 0.3) is 0 Å². The molecular weight excluding hydrogens is 221 g/mol. The number of carbonyl (C=O) groups excluding carboxylic acids is 1. The number of piperidine rings is 1. The first-order valence-corrected chi connectivity index (χ1v) is 5.54. The summed E-state index contributed by atoms with van der Waals surface area (Å²) in [6, 6.07) is -0.487. The highest BCUT2D eigenvalue weighted by Crippen LogP contribution is 2.18. The topological polar surface area (TPSA) is 23.6 Å². The van der Waals surface area contributed by atoms with E-state index < -0.39 is 18.8 Å². The van der Waals surface area contributed by atoms with Crippen molar-refractivity contribution in [2.75, 3.05) is 26.2 Å². The number of halogens is 3. The van der Waals surface area contributed by atoms with Gasteiger partial charge in [0.1, 0.15) is 6.54 Å². The number of likely N-dealkylation sites (tertiary alicyclic amines) is 1. The highest BCUT2D eigenvalue weighted by molar-refractivity contribution is 5.74. The Bertz CT molecular complexity index is 237. The number of rotatable bonds is 2. The molecule has 0 saturated carbocycles. The Morgan fingerprint density at radius 2 is 1.81 bits per heavy atom. The van der Waals surface area contributed by atoms with E-state index in [4.69, 9.17) is 0 Å². The Balaban J connectivity index is 2.54. The zero-order chi connectivity index (χ0) is 12.2. The first-order chi connectivity index (χ1) is 7.44. The molecule has 1 aliphatic rings. The van der Waals surface area contributed by atoms with Gasteiger partial charge in [-0.3, -0.25) is 0 Å². The van der Waals surface area contributed by atoms with Crippen LogP contribution in [0, 0.1) is 0 Å². The molecule has 0 atom stereocenters. The fourth-order valence-corrected chi connectivity index (χ4v) is 1.82. The van der Waals surface area contributed by atoms with E-state index in [-0.39, 0.29) is 6.54 Å². The summed E-state index contributed by atoms with van der Waals surface area (Å²) in [5, 5.41) is 0. The fraction of sp³-hybridized carbons (Fsp3) is 0.900. The van der Waals surface area contributed by atoms with Gasteiger partial charge in [0.2, 0.25) is 0 Å². The van der Waals surface area contributed by atoms with Gasteiger partial charge in [0, 0.05) is 19.6 Å². The summed E-state index contributed by atoms with van der Waals surface area (Å²) >= 11 is 0. The maximum absolute atomic E-state index is 12.2. The van der Waals surface area contributed by atoms with E-state index in [2.05, 4.69) is 0 Å². The molecule has 0 aromatic heterocycles. The summed E-state index contributed by atoms with van der Waals surface area (Å²) in [5.74, 6) is 0. The molecule has 0 spiro atoms. The van der Waals surface area contributed by atoms with E-state index in [1.165, 1.54) is 4.90 Å². The molecule has 0 N–H and O–H groups in total. The highest BCUT2D eigenvalue weighted by Gasteiger charge is 2.34. The molecule has 1 aliphatic heterocycles. The van der Waals surface area contributed by atoms with Crippen molar-refractivity contribution < 1.29 is 18.0 Å². The van der Waals surface area contributed by atoms with Crippen molar-refractivity contribution in [2.24, 2.45) is 0 Å². The molecule has 0 aliphatic carbocycles. The first kappa shape index (κ1) is 13.1.